The summed E-state index contributed by atoms with van der Waals surface area (Å²) >= 11 is 0. The highest BCUT2D eigenvalue weighted by atomic mass is 16.5. The largest absolute Gasteiger partial charge is 0.493 e. The van der Waals surface area contributed by atoms with Gasteiger partial charge in [0.15, 0.2) is 12.1 Å². The number of benzene rings is 1. The van der Waals surface area contributed by atoms with E-state index in [1.165, 1.54) is 0 Å². The van der Waals surface area contributed by atoms with Crippen molar-refractivity contribution in [1.29, 1.82) is 0 Å². The summed E-state index contributed by atoms with van der Waals surface area (Å²) in [5.41, 5.74) is 2.11. The highest BCUT2D eigenvalue weighted by molar-refractivity contribution is 5.86. The van der Waals surface area contributed by atoms with Gasteiger partial charge in [-0.25, -0.2) is 9.78 Å². The molecule has 0 unspecified atom stereocenters. The minimum absolute atomic E-state index is 0.0513. The van der Waals surface area contributed by atoms with Crippen LogP contribution < -0.4 is 4.74 Å². The maximum absolute atomic E-state index is 10.9. The van der Waals surface area contributed by atoms with Crippen LogP contribution in [0.25, 0.3) is 0 Å². The Bertz CT molecular complexity index is 589. The van der Waals surface area contributed by atoms with Gasteiger partial charge in [-0.3, -0.25) is 0 Å². The Balaban J connectivity index is 1.98. The summed E-state index contributed by atoms with van der Waals surface area (Å²) in [4.78, 5) is 14.5. The van der Waals surface area contributed by atoms with Crippen molar-refractivity contribution in [3.05, 3.63) is 47.2 Å². The van der Waals surface area contributed by atoms with Crippen LogP contribution >= 0.6 is 0 Å². The van der Waals surface area contributed by atoms with Gasteiger partial charge in [-0.1, -0.05) is 12.1 Å². The summed E-state index contributed by atoms with van der Waals surface area (Å²) in [6.07, 6.45) is 1.51. The molecule has 0 fully saturated rings. The predicted molar refractivity (Wildman–Crippen MR) is 68.6 cm³/mol. The number of hydrogen-bond acceptors (Lipinski definition) is 4. The molecule has 0 saturated heterocycles. The number of oxazole rings is 1. The van der Waals surface area contributed by atoms with E-state index in [2.05, 4.69) is 4.98 Å². The van der Waals surface area contributed by atoms with E-state index >= 15 is 0 Å². The fourth-order valence-corrected chi connectivity index (χ4v) is 1.74. The van der Waals surface area contributed by atoms with Crippen molar-refractivity contribution < 1.29 is 19.1 Å². The zero-order valence-electron chi connectivity index (χ0n) is 10.8. The molecule has 0 atom stereocenters. The van der Waals surface area contributed by atoms with Gasteiger partial charge in [-0.15, -0.1) is 0 Å². The lowest BCUT2D eigenvalue weighted by Crippen LogP contribution is -2.07. The lowest BCUT2D eigenvalue weighted by Gasteiger charge is -2.09. The first-order valence-electron chi connectivity index (χ1n) is 5.93. The molecule has 0 amide bonds. The second kappa shape index (κ2) is 5.56. The monoisotopic (exact) mass is 261 g/mol. The normalized spacial score (nSPS) is 10.4. The molecule has 2 rings (SSSR count). The smallest absolute Gasteiger partial charge is 0.358 e. The van der Waals surface area contributed by atoms with Gasteiger partial charge < -0.3 is 14.3 Å². The van der Waals surface area contributed by atoms with Gasteiger partial charge >= 0.3 is 5.97 Å². The number of aromatic nitrogens is 1. The quantitative estimate of drug-likeness (QED) is 0.895. The first-order chi connectivity index (χ1) is 9.08. The zero-order chi connectivity index (χ0) is 13.8. The molecule has 1 aromatic heterocycles. The second-order valence-corrected chi connectivity index (χ2v) is 4.30. The third kappa shape index (κ3) is 3.13. The lowest BCUT2D eigenvalue weighted by molar-refractivity contribution is 0.0688. The number of rotatable bonds is 5. The Kier molecular flexibility index (Phi) is 3.85. The number of carboxylic acids is 1. The fraction of sp³-hybridized carbons (Fsp3) is 0.286. The molecule has 5 heteroatoms. The molecule has 1 heterocycles. The van der Waals surface area contributed by atoms with Gasteiger partial charge in [-0.05, 0) is 31.0 Å². The summed E-state index contributed by atoms with van der Waals surface area (Å²) in [6.45, 7) is 4.30. The highest BCUT2D eigenvalue weighted by Crippen LogP contribution is 2.19. The van der Waals surface area contributed by atoms with E-state index in [0.717, 1.165) is 23.3 Å². The summed E-state index contributed by atoms with van der Waals surface area (Å²) in [5, 5.41) is 8.89. The van der Waals surface area contributed by atoms with E-state index in [1.54, 1.807) is 0 Å². The maximum atomic E-state index is 10.9. The van der Waals surface area contributed by atoms with Crippen LogP contribution in [-0.4, -0.2) is 22.7 Å². The summed E-state index contributed by atoms with van der Waals surface area (Å²) < 4.78 is 10.7. The molecule has 0 aliphatic rings. The van der Waals surface area contributed by atoms with Crippen molar-refractivity contribution in [3.63, 3.8) is 0 Å². The standard InChI is InChI=1S/C14H15NO4/c1-9-3-4-10(2)12(7-9)18-6-5-11-13(14(16)17)15-8-19-11/h3-4,7-8H,5-6H2,1-2H3,(H,16,17). The Morgan fingerprint density at radius 1 is 1.42 bits per heavy atom. The van der Waals surface area contributed by atoms with Gasteiger partial charge in [0, 0.05) is 6.42 Å². The molecule has 1 N–H and O–H groups in total. The fourth-order valence-electron chi connectivity index (χ4n) is 1.74. The molecular weight excluding hydrogens is 246 g/mol. The van der Waals surface area contributed by atoms with Crippen molar-refractivity contribution in [3.8, 4) is 5.75 Å². The SMILES string of the molecule is Cc1ccc(C)c(OCCc2ocnc2C(=O)O)c1. The molecule has 100 valence electrons. The maximum Gasteiger partial charge on any atom is 0.358 e. The minimum atomic E-state index is -1.09. The van der Waals surface area contributed by atoms with Gasteiger partial charge in [-0.2, -0.15) is 0 Å². The highest BCUT2D eigenvalue weighted by Gasteiger charge is 2.15. The Morgan fingerprint density at radius 3 is 2.95 bits per heavy atom. The number of carboxylic acid groups (broad SMARTS) is 1. The minimum Gasteiger partial charge on any atom is -0.493 e. The topological polar surface area (TPSA) is 72.6 Å². The molecule has 0 aliphatic carbocycles. The third-order valence-electron chi connectivity index (χ3n) is 2.77. The molecule has 2 aromatic rings. The van der Waals surface area contributed by atoms with Gasteiger partial charge in [0.1, 0.15) is 11.5 Å². The summed E-state index contributed by atoms with van der Waals surface area (Å²) in [6, 6.07) is 5.96. The van der Waals surface area contributed by atoms with Crippen molar-refractivity contribution >= 4 is 5.97 Å². The first-order valence-corrected chi connectivity index (χ1v) is 5.93. The average molecular weight is 261 g/mol. The lowest BCUT2D eigenvalue weighted by atomic mass is 10.1. The molecule has 19 heavy (non-hydrogen) atoms. The van der Waals surface area contributed by atoms with E-state index in [9.17, 15) is 4.79 Å². The molecule has 0 aliphatic heterocycles. The Morgan fingerprint density at radius 2 is 2.21 bits per heavy atom. The van der Waals surface area contributed by atoms with Crippen LogP contribution in [0.5, 0.6) is 5.75 Å². The number of carbonyl (C=O) groups is 1. The number of aryl methyl sites for hydroxylation is 2. The Labute approximate surface area is 110 Å². The van der Waals surface area contributed by atoms with Gasteiger partial charge in [0.05, 0.1) is 6.61 Å². The van der Waals surface area contributed by atoms with Crippen LogP contribution in [0.2, 0.25) is 0 Å². The molecule has 0 spiro atoms. The van der Waals surface area contributed by atoms with Crippen molar-refractivity contribution in [1.82, 2.24) is 4.98 Å². The van der Waals surface area contributed by atoms with Crippen LogP contribution in [0.4, 0.5) is 0 Å². The van der Waals surface area contributed by atoms with Crippen LogP contribution in [0, 0.1) is 13.8 Å². The number of aromatic carboxylic acids is 1. The van der Waals surface area contributed by atoms with Crippen LogP contribution in [0.1, 0.15) is 27.4 Å². The molecule has 0 radical (unpaired) electrons. The van der Waals surface area contributed by atoms with E-state index in [1.807, 2.05) is 32.0 Å². The van der Waals surface area contributed by atoms with E-state index in [0.29, 0.717) is 18.8 Å². The van der Waals surface area contributed by atoms with E-state index in [-0.39, 0.29) is 5.69 Å². The average Bonchev–Trinajstić information content (AvgIpc) is 2.82. The number of ether oxygens (including phenoxy) is 1. The predicted octanol–water partition coefficient (Wildman–Crippen LogP) is 2.61. The van der Waals surface area contributed by atoms with E-state index in [4.69, 9.17) is 14.3 Å². The Hall–Kier alpha value is -2.30. The number of nitrogens with zero attached hydrogens (tertiary/aromatic N) is 1. The molecule has 0 bridgehead atoms. The zero-order valence-corrected chi connectivity index (χ0v) is 10.8. The second-order valence-electron chi connectivity index (χ2n) is 4.30. The van der Waals surface area contributed by atoms with Crippen LogP contribution in [-0.2, 0) is 6.42 Å². The first kappa shape index (κ1) is 13.1. The molecule has 0 saturated carbocycles. The van der Waals surface area contributed by atoms with Crippen molar-refractivity contribution in [2.75, 3.05) is 6.61 Å². The van der Waals surface area contributed by atoms with Crippen molar-refractivity contribution in [2.24, 2.45) is 0 Å². The van der Waals surface area contributed by atoms with E-state index < -0.39 is 5.97 Å². The third-order valence-corrected chi connectivity index (χ3v) is 2.77. The molecule has 1 aromatic carbocycles. The summed E-state index contributed by atoms with van der Waals surface area (Å²) in [7, 11) is 0. The van der Waals surface area contributed by atoms with Gasteiger partial charge in [0.25, 0.3) is 0 Å². The molecule has 5 nitrogen and oxygen atoms in total. The van der Waals surface area contributed by atoms with Crippen molar-refractivity contribution in [2.45, 2.75) is 20.3 Å². The van der Waals surface area contributed by atoms with Crippen LogP contribution in [0.3, 0.4) is 0 Å². The van der Waals surface area contributed by atoms with Gasteiger partial charge in [0.2, 0.25) is 0 Å². The van der Waals surface area contributed by atoms with Crippen LogP contribution in [0.15, 0.2) is 29.0 Å². The summed E-state index contributed by atoms with van der Waals surface area (Å²) in [5.74, 6) is 0.0460. The molecular formula is C14H15NO4. The number of hydrogen-bond donors (Lipinski definition) is 1.